The lowest BCUT2D eigenvalue weighted by atomic mass is 10.1. The Hall–Kier alpha value is -2.86. The van der Waals surface area contributed by atoms with E-state index in [0.717, 1.165) is 32.0 Å². The van der Waals surface area contributed by atoms with Crippen molar-refractivity contribution in [2.45, 2.75) is 19.4 Å². The number of nitrogens with one attached hydrogen (secondary N) is 2. The van der Waals surface area contributed by atoms with Crippen molar-refractivity contribution in [1.82, 2.24) is 15.5 Å². The summed E-state index contributed by atoms with van der Waals surface area (Å²) in [5.41, 5.74) is 2.44. The molecule has 1 unspecified atom stereocenters. The standard InChI is InChI=1S/C24H32N4O2/c1-25-24(26-13-15-30-19-21-10-6-3-7-11-21)27-17-22-16-23(29)28(18-22)14-12-20-8-4-2-5-9-20/h2-11,22H,12-19H2,1H3,(H2,25,26,27). The van der Waals surface area contributed by atoms with Crippen LogP contribution in [0.3, 0.4) is 0 Å². The Kier molecular flexibility index (Phi) is 8.72. The number of ether oxygens (including phenoxy) is 1. The third kappa shape index (κ3) is 7.19. The van der Waals surface area contributed by atoms with E-state index in [4.69, 9.17) is 4.74 Å². The van der Waals surface area contributed by atoms with Gasteiger partial charge in [-0.05, 0) is 17.5 Å². The molecule has 0 radical (unpaired) electrons. The highest BCUT2D eigenvalue weighted by atomic mass is 16.5. The number of guanidine groups is 1. The SMILES string of the molecule is CN=C(NCCOCc1ccccc1)NCC1CC(=O)N(CCc2ccccc2)C1. The number of aliphatic imine (C=N–C) groups is 1. The number of carbonyl (C=O) groups is 1. The van der Waals surface area contributed by atoms with E-state index >= 15 is 0 Å². The summed E-state index contributed by atoms with van der Waals surface area (Å²) in [5, 5.41) is 6.60. The fourth-order valence-corrected chi connectivity index (χ4v) is 3.58. The summed E-state index contributed by atoms with van der Waals surface area (Å²) in [4.78, 5) is 18.6. The van der Waals surface area contributed by atoms with Gasteiger partial charge in [0.05, 0.1) is 13.2 Å². The molecule has 2 aromatic carbocycles. The molecule has 1 fully saturated rings. The molecule has 2 aromatic rings. The summed E-state index contributed by atoms with van der Waals surface area (Å²) in [6.45, 7) is 4.21. The van der Waals surface area contributed by atoms with Crippen LogP contribution in [0.5, 0.6) is 0 Å². The van der Waals surface area contributed by atoms with Crippen LogP contribution in [0.4, 0.5) is 0 Å². The van der Waals surface area contributed by atoms with Crippen LogP contribution in [-0.2, 0) is 22.6 Å². The van der Waals surface area contributed by atoms with Crippen molar-refractivity contribution in [2.75, 3.05) is 39.8 Å². The van der Waals surface area contributed by atoms with Crippen molar-refractivity contribution < 1.29 is 9.53 Å². The molecule has 0 saturated carbocycles. The normalized spacial score (nSPS) is 16.7. The van der Waals surface area contributed by atoms with Crippen molar-refractivity contribution in [3.63, 3.8) is 0 Å². The number of amides is 1. The van der Waals surface area contributed by atoms with Gasteiger partial charge in [-0.25, -0.2) is 0 Å². The lowest BCUT2D eigenvalue weighted by molar-refractivity contribution is -0.127. The first kappa shape index (κ1) is 21.8. The van der Waals surface area contributed by atoms with Gasteiger partial charge in [0.15, 0.2) is 5.96 Å². The average Bonchev–Trinajstić information content (AvgIpc) is 3.15. The Morgan fingerprint density at radius 2 is 1.77 bits per heavy atom. The van der Waals surface area contributed by atoms with Crippen molar-refractivity contribution in [3.05, 3.63) is 71.8 Å². The highest BCUT2D eigenvalue weighted by Crippen LogP contribution is 2.17. The van der Waals surface area contributed by atoms with Gasteiger partial charge >= 0.3 is 0 Å². The molecule has 0 spiro atoms. The van der Waals surface area contributed by atoms with Crippen LogP contribution >= 0.6 is 0 Å². The monoisotopic (exact) mass is 408 g/mol. The molecule has 3 rings (SSSR count). The predicted molar refractivity (Wildman–Crippen MR) is 120 cm³/mol. The Bertz CT molecular complexity index is 795. The maximum absolute atomic E-state index is 12.3. The van der Waals surface area contributed by atoms with Crippen LogP contribution in [0.2, 0.25) is 0 Å². The topological polar surface area (TPSA) is 66.0 Å². The van der Waals surface area contributed by atoms with Gasteiger partial charge in [-0.2, -0.15) is 0 Å². The van der Waals surface area contributed by atoms with Crippen LogP contribution in [0, 0.1) is 5.92 Å². The van der Waals surface area contributed by atoms with Gasteiger partial charge in [0.25, 0.3) is 0 Å². The van der Waals surface area contributed by atoms with E-state index in [1.165, 1.54) is 11.1 Å². The fourth-order valence-electron chi connectivity index (χ4n) is 3.58. The van der Waals surface area contributed by atoms with E-state index in [1.54, 1.807) is 7.05 Å². The molecule has 1 atom stereocenters. The molecule has 1 amide bonds. The van der Waals surface area contributed by atoms with Crippen LogP contribution in [0.15, 0.2) is 65.7 Å². The number of carbonyl (C=O) groups excluding carboxylic acids is 1. The third-order valence-electron chi connectivity index (χ3n) is 5.24. The van der Waals surface area contributed by atoms with Gasteiger partial charge in [-0.15, -0.1) is 0 Å². The molecule has 6 heteroatoms. The highest BCUT2D eigenvalue weighted by molar-refractivity contribution is 5.80. The smallest absolute Gasteiger partial charge is 0.223 e. The number of nitrogens with zero attached hydrogens (tertiary/aromatic N) is 2. The van der Waals surface area contributed by atoms with Crippen molar-refractivity contribution >= 4 is 11.9 Å². The molecule has 30 heavy (non-hydrogen) atoms. The van der Waals surface area contributed by atoms with Gasteiger partial charge in [-0.1, -0.05) is 60.7 Å². The second kappa shape index (κ2) is 12.0. The highest BCUT2D eigenvalue weighted by Gasteiger charge is 2.29. The third-order valence-corrected chi connectivity index (χ3v) is 5.24. The van der Waals surface area contributed by atoms with Gasteiger partial charge < -0.3 is 20.3 Å². The molecule has 2 N–H and O–H groups in total. The minimum Gasteiger partial charge on any atom is -0.375 e. The predicted octanol–water partition coefficient (Wildman–Crippen LogP) is 2.46. The van der Waals surface area contributed by atoms with E-state index in [2.05, 4.69) is 39.9 Å². The van der Waals surface area contributed by atoms with E-state index in [1.807, 2.05) is 41.3 Å². The molecule has 1 saturated heterocycles. The maximum Gasteiger partial charge on any atom is 0.223 e. The van der Waals surface area contributed by atoms with Crippen LogP contribution < -0.4 is 10.6 Å². The summed E-state index contributed by atoms with van der Waals surface area (Å²) < 4.78 is 5.69. The summed E-state index contributed by atoms with van der Waals surface area (Å²) >= 11 is 0. The number of benzene rings is 2. The first-order chi connectivity index (χ1) is 14.7. The minimum absolute atomic E-state index is 0.245. The fraction of sp³-hybridized carbons (Fsp3) is 0.417. The largest absolute Gasteiger partial charge is 0.375 e. The Labute approximate surface area is 179 Å². The Balaban J connectivity index is 1.30. The molecular weight excluding hydrogens is 376 g/mol. The van der Waals surface area contributed by atoms with Gasteiger partial charge in [0.2, 0.25) is 5.91 Å². The van der Waals surface area contributed by atoms with E-state index in [9.17, 15) is 4.79 Å². The van der Waals surface area contributed by atoms with Crippen LogP contribution in [-0.4, -0.2) is 56.6 Å². The summed E-state index contributed by atoms with van der Waals surface area (Å²) in [7, 11) is 1.76. The van der Waals surface area contributed by atoms with E-state index in [-0.39, 0.29) is 5.91 Å². The van der Waals surface area contributed by atoms with Crippen LogP contribution in [0.25, 0.3) is 0 Å². The minimum atomic E-state index is 0.245. The Morgan fingerprint density at radius 1 is 1.07 bits per heavy atom. The zero-order valence-electron chi connectivity index (χ0n) is 17.7. The number of likely N-dealkylation sites (tertiary alicyclic amines) is 1. The molecule has 6 nitrogen and oxygen atoms in total. The van der Waals surface area contributed by atoms with E-state index < -0.39 is 0 Å². The summed E-state index contributed by atoms with van der Waals surface area (Å²) in [6.07, 6.45) is 1.50. The molecule has 160 valence electrons. The second-order valence-corrected chi connectivity index (χ2v) is 7.56. The second-order valence-electron chi connectivity index (χ2n) is 7.56. The van der Waals surface area contributed by atoms with Crippen molar-refractivity contribution in [2.24, 2.45) is 10.9 Å². The Morgan fingerprint density at radius 3 is 2.47 bits per heavy atom. The van der Waals surface area contributed by atoms with Crippen molar-refractivity contribution in [1.29, 1.82) is 0 Å². The molecule has 1 aliphatic heterocycles. The molecule has 1 aliphatic rings. The van der Waals surface area contributed by atoms with Gasteiger partial charge in [0, 0.05) is 45.6 Å². The lowest BCUT2D eigenvalue weighted by Gasteiger charge is -2.18. The quantitative estimate of drug-likeness (QED) is 0.360. The van der Waals surface area contributed by atoms with Crippen molar-refractivity contribution in [3.8, 4) is 0 Å². The van der Waals surface area contributed by atoms with Gasteiger partial charge in [0.1, 0.15) is 0 Å². The maximum atomic E-state index is 12.3. The summed E-state index contributed by atoms with van der Waals surface area (Å²) in [5.74, 6) is 1.30. The zero-order chi connectivity index (χ0) is 21.0. The van der Waals surface area contributed by atoms with E-state index in [0.29, 0.717) is 32.1 Å². The van der Waals surface area contributed by atoms with Gasteiger partial charge in [-0.3, -0.25) is 9.79 Å². The lowest BCUT2D eigenvalue weighted by Crippen LogP contribution is -2.41. The number of rotatable bonds is 10. The first-order valence-corrected chi connectivity index (χ1v) is 10.6. The zero-order valence-corrected chi connectivity index (χ0v) is 17.7. The molecular formula is C24H32N4O2. The first-order valence-electron chi connectivity index (χ1n) is 10.6. The number of hydrogen-bond donors (Lipinski definition) is 2. The molecule has 0 aromatic heterocycles. The molecule has 1 heterocycles. The molecule has 0 aliphatic carbocycles. The summed E-state index contributed by atoms with van der Waals surface area (Å²) in [6, 6.07) is 20.5. The van der Waals surface area contributed by atoms with Crippen LogP contribution in [0.1, 0.15) is 17.5 Å². The molecule has 0 bridgehead atoms. The average molecular weight is 409 g/mol. The number of hydrogen-bond acceptors (Lipinski definition) is 3.